The molecule has 0 saturated heterocycles. The molecule has 4 nitrogen and oxygen atoms in total. The predicted molar refractivity (Wildman–Crippen MR) is 79.3 cm³/mol. The third kappa shape index (κ3) is 5.61. The maximum atomic E-state index is 11.8. The first-order chi connectivity index (χ1) is 9.30. The van der Waals surface area contributed by atoms with Crippen LogP contribution >= 0.6 is 0 Å². The zero-order valence-corrected chi connectivity index (χ0v) is 12.8. The van der Waals surface area contributed by atoms with Crippen molar-refractivity contribution in [3.05, 3.63) is 35.9 Å². The van der Waals surface area contributed by atoms with Crippen molar-refractivity contribution in [3.8, 4) is 0 Å². The molecule has 0 aliphatic carbocycles. The summed E-state index contributed by atoms with van der Waals surface area (Å²) in [6.45, 7) is 6.68. The highest BCUT2D eigenvalue weighted by atomic mass is 16.6. The average molecular weight is 279 g/mol. The number of aliphatic hydroxyl groups is 1. The Morgan fingerprint density at radius 3 is 2.45 bits per heavy atom. The van der Waals surface area contributed by atoms with E-state index in [4.69, 9.17) is 4.74 Å². The number of ether oxygens (including phenoxy) is 1. The van der Waals surface area contributed by atoms with E-state index in [0.29, 0.717) is 13.0 Å². The number of carbonyl (C=O) groups excluding carboxylic acids is 1. The molecule has 1 aromatic rings. The Kier molecular flexibility index (Phi) is 6.02. The Morgan fingerprint density at radius 1 is 1.30 bits per heavy atom. The van der Waals surface area contributed by atoms with Crippen LogP contribution in [0.5, 0.6) is 0 Å². The molecule has 1 aromatic carbocycles. The third-order valence-electron chi connectivity index (χ3n) is 3.25. The largest absolute Gasteiger partial charge is 0.445 e. The zero-order chi connectivity index (χ0) is 15.2. The van der Waals surface area contributed by atoms with Gasteiger partial charge in [0.05, 0.1) is 6.10 Å². The second-order valence-electron chi connectivity index (χ2n) is 6.13. The van der Waals surface area contributed by atoms with Crippen molar-refractivity contribution in [3.63, 3.8) is 0 Å². The van der Waals surface area contributed by atoms with Crippen LogP contribution in [0.4, 0.5) is 4.79 Å². The van der Waals surface area contributed by atoms with E-state index in [1.54, 1.807) is 7.05 Å². The van der Waals surface area contributed by atoms with Crippen LogP contribution in [-0.4, -0.2) is 35.8 Å². The van der Waals surface area contributed by atoms with E-state index in [9.17, 15) is 9.90 Å². The zero-order valence-electron chi connectivity index (χ0n) is 12.8. The molecule has 1 amide bonds. The molecule has 112 valence electrons. The summed E-state index contributed by atoms with van der Waals surface area (Å²) in [4.78, 5) is 13.3. The van der Waals surface area contributed by atoms with Gasteiger partial charge < -0.3 is 14.7 Å². The lowest BCUT2D eigenvalue weighted by Gasteiger charge is -2.27. The summed E-state index contributed by atoms with van der Waals surface area (Å²) < 4.78 is 5.21. The van der Waals surface area contributed by atoms with Gasteiger partial charge in [0.2, 0.25) is 0 Å². The van der Waals surface area contributed by atoms with E-state index >= 15 is 0 Å². The van der Waals surface area contributed by atoms with Crippen LogP contribution in [0.25, 0.3) is 0 Å². The lowest BCUT2D eigenvalue weighted by Crippen LogP contribution is -2.34. The molecular weight excluding hydrogens is 254 g/mol. The predicted octanol–water partition coefficient (Wildman–Crippen LogP) is 3.05. The standard InChI is InChI=1S/C16H25NO3/c1-16(2,3)14(18)10-11-17(4)15(19)20-12-13-8-6-5-7-9-13/h5-9,14,18H,10-12H2,1-4H3. The van der Waals surface area contributed by atoms with Crippen LogP contribution in [0.1, 0.15) is 32.8 Å². The molecule has 0 radical (unpaired) electrons. The number of hydrogen-bond acceptors (Lipinski definition) is 3. The quantitative estimate of drug-likeness (QED) is 0.901. The molecule has 1 atom stereocenters. The first kappa shape index (κ1) is 16.5. The highest BCUT2D eigenvalue weighted by Gasteiger charge is 2.23. The van der Waals surface area contributed by atoms with E-state index in [0.717, 1.165) is 5.56 Å². The number of carbonyl (C=O) groups is 1. The number of rotatable bonds is 5. The number of hydrogen-bond donors (Lipinski definition) is 1. The molecule has 0 saturated carbocycles. The Hall–Kier alpha value is -1.55. The topological polar surface area (TPSA) is 49.8 Å². The minimum absolute atomic E-state index is 0.172. The first-order valence-corrected chi connectivity index (χ1v) is 6.90. The van der Waals surface area contributed by atoms with Crippen molar-refractivity contribution < 1.29 is 14.6 Å². The minimum Gasteiger partial charge on any atom is -0.445 e. The van der Waals surface area contributed by atoms with Gasteiger partial charge in [0.25, 0.3) is 0 Å². The molecule has 0 heterocycles. The first-order valence-electron chi connectivity index (χ1n) is 6.90. The Morgan fingerprint density at radius 2 is 1.90 bits per heavy atom. The van der Waals surface area contributed by atoms with Crippen LogP contribution in [0, 0.1) is 5.41 Å². The Labute approximate surface area is 121 Å². The summed E-state index contributed by atoms with van der Waals surface area (Å²) in [5, 5.41) is 9.95. The highest BCUT2D eigenvalue weighted by molar-refractivity contribution is 5.67. The van der Waals surface area contributed by atoms with E-state index in [-0.39, 0.29) is 18.1 Å². The second kappa shape index (κ2) is 7.29. The SMILES string of the molecule is CN(CCC(O)C(C)(C)C)C(=O)OCc1ccccc1. The van der Waals surface area contributed by atoms with Crippen molar-refractivity contribution in [2.45, 2.75) is 39.9 Å². The second-order valence-corrected chi connectivity index (χ2v) is 6.13. The van der Waals surface area contributed by atoms with Crippen molar-refractivity contribution in [2.24, 2.45) is 5.41 Å². The van der Waals surface area contributed by atoms with Gasteiger partial charge in [-0.1, -0.05) is 51.1 Å². The fourth-order valence-corrected chi connectivity index (χ4v) is 1.67. The molecule has 0 bridgehead atoms. The van der Waals surface area contributed by atoms with Gasteiger partial charge in [-0.3, -0.25) is 0 Å². The van der Waals surface area contributed by atoms with E-state index in [2.05, 4.69) is 0 Å². The van der Waals surface area contributed by atoms with Gasteiger partial charge in [-0.25, -0.2) is 4.79 Å². The van der Waals surface area contributed by atoms with Crippen molar-refractivity contribution >= 4 is 6.09 Å². The van der Waals surface area contributed by atoms with Gasteiger partial charge in [0.15, 0.2) is 0 Å². The molecule has 0 aliphatic heterocycles. The molecule has 20 heavy (non-hydrogen) atoms. The van der Waals surface area contributed by atoms with Crippen LogP contribution in [-0.2, 0) is 11.3 Å². The Bertz CT molecular complexity index is 411. The average Bonchev–Trinajstić information content (AvgIpc) is 2.41. The summed E-state index contributed by atoms with van der Waals surface area (Å²) in [5.74, 6) is 0. The monoisotopic (exact) mass is 279 g/mol. The van der Waals surface area contributed by atoms with Crippen LogP contribution in [0.2, 0.25) is 0 Å². The number of benzene rings is 1. The molecule has 0 spiro atoms. The number of amides is 1. The number of aliphatic hydroxyl groups excluding tert-OH is 1. The van der Waals surface area contributed by atoms with Gasteiger partial charge in [0.1, 0.15) is 6.61 Å². The van der Waals surface area contributed by atoms with Gasteiger partial charge in [-0.2, -0.15) is 0 Å². The molecule has 0 fully saturated rings. The van der Waals surface area contributed by atoms with Crippen molar-refractivity contribution in [2.75, 3.05) is 13.6 Å². The summed E-state index contributed by atoms with van der Waals surface area (Å²) in [6.07, 6.45) is -0.262. The number of nitrogens with zero attached hydrogens (tertiary/aromatic N) is 1. The summed E-state index contributed by atoms with van der Waals surface area (Å²) >= 11 is 0. The molecule has 0 aromatic heterocycles. The molecule has 1 rings (SSSR count). The highest BCUT2D eigenvalue weighted by Crippen LogP contribution is 2.21. The van der Waals surface area contributed by atoms with Crippen molar-refractivity contribution in [1.29, 1.82) is 0 Å². The van der Waals surface area contributed by atoms with Gasteiger partial charge in [0, 0.05) is 13.6 Å². The summed E-state index contributed by atoms with van der Waals surface area (Å²) in [5.41, 5.74) is 0.790. The van der Waals surface area contributed by atoms with Gasteiger partial charge >= 0.3 is 6.09 Å². The van der Waals surface area contributed by atoms with E-state index in [1.807, 2.05) is 51.1 Å². The van der Waals surface area contributed by atoms with Crippen LogP contribution < -0.4 is 0 Å². The Balaban J connectivity index is 2.33. The normalized spacial score (nSPS) is 12.8. The van der Waals surface area contributed by atoms with E-state index < -0.39 is 6.10 Å². The third-order valence-corrected chi connectivity index (χ3v) is 3.25. The fourth-order valence-electron chi connectivity index (χ4n) is 1.67. The molecule has 1 unspecified atom stereocenters. The van der Waals surface area contributed by atoms with Crippen molar-refractivity contribution in [1.82, 2.24) is 4.90 Å². The molecule has 0 aliphatic rings. The lowest BCUT2D eigenvalue weighted by molar-refractivity contribution is 0.0443. The van der Waals surface area contributed by atoms with Crippen LogP contribution in [0.3, 0.4) is 0 Å². The molecule has 1 N–H and O–H groups in total. The van der Waals surface area contributed by atoms with Crippen LogP contribution in [0.15, 0.2) is 30.3 Å². The molecular formula is C16H25NO3. The summed E-state index contributed by atoms with van der Waals surface area (Å²) in [6, 6.07) is 9.57. The maximum absolute atomic E-state index is 11.8. The lowest BCUT2D eigenvalue weighted by atomic mass is 9.87. The smallest absolute Gasteiger partial charge is 0.409 e. The minimum atomic E-state index is -0.438. The van der Waals surface area contributed by atoms with Gasteiger partial charge in [-0.05, 0) is 17.4 Å². The van der Waals surface area contributed by atoms with Gasteiger partial charge in [-0.15, -0.1) is 0 Å². The maximum Gasteiger partial charge on any atom is 0.409 e. The molecule has 4 heteroatoms. The summed E-state index contributed by atoms with van der Waals surface area (Å²) in [7, 11) is 1.68. The fraction of sp³-hybridized carbons (Fsp3) is 0.562. The van der Waals surface area contributed by atoms with E-state index in [1.165, 1.54) is 4.90 Å².